The van der Waals surface area contributed by atoms with Crippen LogP contribution in [-0.2, 0) is 16.1 Å². The van der Waals surface area contributed by atoms with Gasteiger partial charge in [0.15, 0.2) is 0 Å². The number of methoxy groups -OCH3 is 1. The third-order valence-corrected chi connectivity index (χ3v) is 4.35. The molecule has 0 atom stereocenters. The van der Waals surface area contributed by atoms with Crippen LogP contribution in [0.2, 0.25) is 0 Å². The fourth-order valence-electron chi connectivity index (χ4n) is 2.86. The number of ether oxygens (including phenoxy) is 1. The zero-order valence-electron chi connectivity index (χ0n) is 15.7. The molecule has 0 aliphatic heterocycles. The van der Waals surface area contributed by atoms with Crippen LogP contribution in [0.5, 0.6) is 5.75 Å². The van der Waals surface area contributed by atoms with E-state index in [0.717, 1.165) is 39.2 Å². The molecule has 1 aromatic heterocycles. The van der Waals surface area contributed by atoms with Gasteiger partial charge in [-0.05, 0) is 55.3 Å². The fraction of sp³-hybridized carbons (Fsp3) is 0.238. The lowest BCUT2D eigenvalue weighted by molar-refractivity contribution is -0.126. The second-order valence-corrected chi connectivity index (χ2v) is 6.57. The van der Waals surface area contributed by atoms with Crippen molar-refractivity contribution in [1.82, 2.24) is 10.3 Å². The number of rotatable bonds is 6. The lowest BCUT2D eigenvalue weighted by Crippen LogP contribution is -2.28. The van der Waals surface area contributed by atoms with Crippen molar-refractivity contribution in [3.8, 4) is 5.75 Å². The Bertz CT molecular complexity index is 992. The van der Waals surface area contributed by atoms with Gasteiger partial charge in [0.2, 0.25) is 11.8 Å². The van der Waals surface area contributed by atoms with Gasteiger partial charge in [0.05, 0.1) is 13.7 Å². The number of H-pyrrole nitrogens is 1. The summed E-state index contributed by atoms with van der Waals surface area (Å²) in [6.45, 7) is 4.20. The summed E-state index contributed by atoms with van der Waals surface area (Å²) < 4.78 is 5.21. The average Bonchev–Trinajstić information content (AvgIpc) is 3.05. The fourth-order valence-corrected chi connectivity index (χ4v) is 2.86. The first-order valence-corrected chi connectivity index (χ1v) is 8.74. The summed E-state index contributed by atoms with van der Waals surface area (Å²) >= 11 is 0. The van der Waals surface area contributed by atoms with Gasteiger partial charge in [0.1, 0.15) is 12.2 Å². The molecule has 3 aromatic rings. The second-order valence-electron chi connectivity index (χ2n) is 6.57. The average molecular weight is 365 g/mol. The summed E-state index contributed by atoms with van der Waals surface area (Å²) in [5, 5.41) is 6.57. The van der Waals surface area contributed by atoms with E-state index in [1.54, 1.807) is 7.11 Å². The van der Waals surface area contributed by atoms with Crippen LogP contribution in [0.25, 0.3) is 10.9 Å². The molecule has 6 heteroatoms. The molecule has 0 saturated carbocycles. The van der Waals surface area contributed by atoms with Gasteiger partial charge in [-0.1, -0.05) is 12.1 Å². The van der Waals surface area contributed by atoms with Crippen LogP contribution in [-0.4, -0.2) is 23.9 Å². The summed E-state index contributed by atoms with van der Waals surface area (Å²) in [6, 6.07) is 13.5. The van der Waals surface area contributed by atoms with Gasteiger partial charge in [-0.15, -0.1) is 0 Å². The SMILES string of the molecule is COc1ccc2[nH]c(CNC(=O)CC(=O)Nc3cc(C)ccc3C)cc2c1. The summed E-state index contributed by atoms with van der Waals surface area (Å²) in [6.07, 6.45) is -0.221. The number of nitrogens with one attached hydrogen (secondary N) is 3. The lowest BCUT2D eigenvalue weighted by Gasteiger charge is -2.09. The minimum absolute atomic E-state index is 0.221. The number of aromatic amines is 1. The third kappa shape index (κ3) is 4.67. The number of anilines is 1. The van der Waals surface area contributed by atoms with E-state index >= 15 is 0 Å². The van der Waals surface area contributed by atoms with Crippen molar-refractivity contribution in [2.45, 2.75) is 26.8 Å². The summed E-state index contributed by atoms with van der Waals surface area (Å²) in [4.78, 5) is 27.4. The van der Waals surface area contributed by atoms with Gasteiger partial charge >= 0.3 is 0 Å². The molecule has 0 aliphatic rings. The zero-order valence-corrected chi connectivity index (χ0v) is 15.7. The molecule has 0 saturated heterocycles. The van der Waals surface area contributed by atoms with Crippen molar-refractivity contribution in [1.29, 1.82) is 0 Å². The molecule has 140 valence electrons. The minimum Gasteiger partial charge on any atom is -0.497 e. The van der Waals surface area contributed by atoms with E-state index < -0.39 is 0 Å². The third-order valence-electron chi connectivity index (χ3n) is 4.35. The maximum atomic E-state index is 12.1. The molecule has 0 radical (unpaired) electrons. The number of benzene rings is 2. The molecule has 27 heavy (non-hydrogen) atoms. The van der Waals surface area contributed by atoms with Crippen molar-refractivity contribution >= 4 is 28.4 Å². The molecule has 0 spiro atoms. The van der Waals surface area contributed by atoms with E-state index in [9.17, 15) is 9.59 Å². The minimum atomic E-state index is -0.331. The lowest BCUT2D eigenvalue weighted by atomic mass is 10.1. The maximum Gasteiger partial charge on any atom is 0.233 e. The number of hydrogen-bond acceptors (Lipinski definition) is 3. The highest BCUT2D eigenvalue weighted by molar-refractivity contribution is 6.03. The van der Waals surface area contributed by atoms with Gasteiger partial charge in [-0.2, -0.15) is 0 Å². The first-order chi connectivity index (χ1) is 12.9. The normalized spacial score (nSPS) is 10.6. The predicted octanol–water partition coefficient (Wildman–Crippen LogP) is 3.44. The second kappa shape index (κ2) is 7.95. The van der Waals surface area contributed by atoms with E-state index in [1.165, 1.54) is 0 Å². The van der Waals surface area contributed by atoms with Gasteiger partial charge in [-0.25, -0.2) is 0 Å². The van der Waals surface area contributed by atoms with Crippen LogP contribution >= 0.6 is 0 Å². The molecular weight excluding hydrogens is 342 g/mol. The molecular formula is C21H23N3O3. The molecule has 0 aliphatic carbocycles. The highest BCUT2D eigenvalue weighted by atomic mass is 16.5. The maximum absolute atomic E-state index is 12.1. The van der Waals surface area contributed by atoms with Crippen LogP contribution in [0.4, 0.5) is 5.69 Å². The first kappa shape index (κ1) is 18.5. The summed E-state index contributed by atoms with van der Waals surface area (Å²) in [5.74, 6) is 0.122. The van der Waals surface area contributed by atoms with E-state index in [1.807, 2.05) is 56.3 Å². The Kier molecular flexibility index (Phi) is 5.45. The predicted molar refractivity (Wildman–Crippen MR) is 106 cm³/mol. The number of fused-ring (bicyclic) bond motifs is 1. The van der Waals surface area contributed by atoms with Crippen LogP contribution < -0.4 is 15.4 Å². The zero-order chi connectivity index (χ0) is 19.4. The van der Waals surface area contributed by atoms with E-state index in [2.05, 4.69) is 15.6 Å². The monoisotopic (exact) mass is 365 g/mol. The first-order valence-electron chi connectivity index (χ1n) is 8.74. The van der Waals surface area contributed by atoms with Gasteiger partial charge in [0, 0.05) is 22.3 Å². The van der Waals surface area contributed by atoms with Crippen LogP contribution in [0.1, 0.15) is 23.2 Å². The van der Waals surface area contributed by atoms with Crippen molar-refractivity contribution < 1.29 is 14.3 Å². The number of aromatic nitrogens is 1. The van der Waals surface area contributed by atoms with Crippen molar-refractivity contribution in [3.63, 3.8) is 0 Å². The standard InChI is InChI=1S/C21H23N3O3/c1-13-4-5-14(2)19(8-13)24-21(26)11-20(25)22-12-16-9-15-10-17(27-3)6-7-18(15)23-16/h4-10,23H,11-12H2,1-3H3,(H,22,25)(H,24,26). The van der Waals surface area contributed by atoms with Crippen LogP contribution in [0.15, 0.2) is 42.5 Å². The van der Waals surface area contributed by atoms with Crippen molar-refractivity contribution in [2.24, 2.45) is 0 Å². The molecule has 0 bridgehead atoms. The summed E-state index contributed by atoms with van der Waals surface area (Å²) in [7, 11) is 1.62. The number of hydrogen-bond donors (Lipinski definition) is 3. The Morgan fingerprint density at radius 2 is 1.85 bits per heavy atom. The molecule has 2 amide bonds. The summed E-state index contributed by atoms with van der Waals surface area (Å²) in [5.41, 5.74) is 4.57. The Balaban J connectivity index is 1.54. The van der Waals surface area contributed by atoms with E-state index in [4.69, 9.17) is 4.74 Å². The van der Waals surface area contributed by atoms with Gasteiger partial charge < -0.3 is 20.4 Å². The molecule has 6 nitrogen and oxygen atoms in total. The van der Waals surface area contributed by atoms with Crippen molar-refractivity contribution in [3.05, 3.63) is 59.3 Å². The molecule has 3 N–H and O–H groups in total. The molecule has 0 fully saturated rings. The smallest absolute Gasteiger partial charge is 0.233 e. The highest BCUT2D eigenvalue weighted by Gasteiger charge is 2.11. The largest absolute Gasteiger partial charge is 0.497 e. The molecule has 3 rings (SSSR count). The molecule has 2 aromatic carbocycles. The van der Waals surface area contributed by atoms with Gasteiger partial charge in [0.25, 0.3) is 0 Å². The highest BCUT2D eigenvalue weighted by Crippen LogP contribution is 2.21. The Morgan fingerprint density at radius 3 is 2.63 bits per heavy atom. The number of carbonyl (C=O) groups excluding carboxylic acids is 2. The molecule has 1 heterocycles. The van der Waals surface area contributed by atoms with Crippen molar-refractivity contribution in [2.75, 3.05) is 12.4 Å². The van der Waals surface area contributed by atoms with Gasteiger partial charge in [-0.3, -0.25) is 9.59 Å². The quantitative estimate of drug-likeness (QED) is 0.585. The van der Waals surface area contributed by atoms with E-state index in [-0.39, 0.29) is 18.2 Å². The number of aryl methyl sites for hydroxylation is 2. The Morgan fingerprint density at radius 1 is 1.04 bits per heavy atom. The number of carbonyl (C=O) groups is 2. The molecule has 0 unspecified atom stereocenters. The Labute approximate surface area is 157 Å². The topological polar surface area (TPSA) is 83.2 Å². The number of amides is 2. The van der Waals surface area contributed by atoms with Crippen LogP contribution in [0.3, 0.4) is 0 Å². The Hall–Kier alpha value is -3.28. The van der Waals surface area contributed by atoms with E-state index in [0.29, 0.717) is 6.54 Å². The van der Waals surface area contributed by atoms with Crippen LogP contribution in [0, 0.1) is 13.8 Å².